The predicted molar refractivity (Wildman–Crippen MR) is 87.9 cm³/mol. The van der Waals surface area contributed by atoms with E-state index in [4.69, 9.17) is 0 Å². The lowest BCUT2D eigenvalue weighted by Crippen LogP contribution is -2.42. The second-order valence-electron chi connectivity index (χ2n) is 6.21. The van der Waals surface area contributed by atoms with Crippen molar-refractivity contribution in [1.29, 1.82) is 0 Å². The molecule has 0 aromatic carbocycles. The molecular weight excluding hydrogens is 318 g/mol. The number of sulfonamides is 1. The molecule has 1 aromatic rings. The molecule has 2 N–H and O–H groups in total. The van der Waals surface area contributed by atoms with Gasteiger partial charge in [-0.05, 0) is 25.3 Å². The van der Waals surface area contributed by atoms with Crippen LogP contribution in [0.4, 0.5) is 11.8 Å². The van der Waals surface area contributed by atoms with E-state index in [-0.39, 0.29) is 12.1 Å². The third-order valence-electron chi connectivity index (χ3n) is 4.38. The lowest BCUT2D eigenvalue weighted by atomic mass is 10.1. The van der Waals surface area contributed by atoms with Crippen LogP contribution >= 0.6 is 0 Å². The van der Waals surface area contributed by atoms with Crippen LogP contribution < -0.4 is 10.2 Å². The molecule has 0 aliphatic carbocycles. The highest BCUT2D eigenvalue weighted by molar-refractivity contribution is 7.88. The molecule has 8 nitrogen and oxygen atoms in total. The van der Waals surface area contributed by atoms with Crippen molar-refractivity contribution in [1.82, 2.24) is 14.3 Å². The second kappa shape index (κ2) is 6.58. The molecule has 0 spiro atoms. The maximum absolute atomic E-state index is 11.5. The Hall–Kier alpha value is -1.45. The molecule has 2 saturated heterocycles. The number of hydrogen-bond donors (Lipinski definition) is 2. The zero-order valence-electron chi connectivity index (χ0n) is 13.2. The van der Waals surface area contributed by atoms with E-state index in [1.54, 1.807) is 6.20 Å². The summed E-state index contributed by atoms with van der Waals surface area (Å²) >= 11 is 0. The first-order valence-electron chi connectivity index (χ1n) is 7.89. The van der Waals surface area contributed by atoms with Gasteiger partial charge in [0.05, 0.1) is 12.4 Å². The molecule has 23 heavy (non-hydrogen) atoms. The summed E-state index contributed by atoms with van der Waals surface area (Å²) in [4.78, 5) is 10.8. The number of rotatable bonds is 4. The molecule has 0 saturated carbocycles. The van der Waals surface area contributed by atoms with Crippen LogP contribution in [-0.2, 0) is 10.0 Å². The Labute approximate surface area is 136 Å². The number of anilines is 2. The van der Waals surface area contributed by atoms with E-state index in [0.717, 1.165) is 31.6 Å². The van der Waals surface area contributed by atoms with Gasteiger partial charge in [0.15, 0.2) is 0 Å². The number of aromatic nitrogens is 2. The first kappa shape index (κ1) is 16.4. The highest BCUT2D eigenvalue weighted by Gasteiger charge is 2.26. The summed E-state index contributed by atoms with van der Waals surface area (Å²) in [5.41, 5.74) is 0. The number of hydrogen-bond acceptors (Lipinski definition) is 7. The molecule has 2 aliphatic heterocycles. The van der Waals surface area contributed by atoms with E-state index < -0.39 is 10.0 Å². The third kappa shape index (κ3) is 4.10. The van der Waals surface area contributed by atoms with E-state index in [1.165, 1.54) is 10.6 Å². The number of β-amino-alcohol motifs (C(OH)–C–C–N with tert-alkyl or cyclic N) is 1. The Morgan fingerprint density at radius 3 is 2.61 bits per heavy atom. The summed E-state index contributed by atoms with van der Waals surface area (Å²) in [6, 6.07) is 2.02. The fourth-order valence-corrected chi connectivity index (χ4v) is 3.93. The van der Waals surface area contributed by atoms with E-state index in [0.29, 0.717) is 25.6 Å². The molecule has 0 bridgehead atoms. The van der Waals surface area contributed by atoms with Crippen molar-refractivity contribution in [2.24, 2.45) is 0 Å². The van der Waals surface area contributed by atoms with Gasteiger partial charge in [-0.15, -0.1) is 0 Å². The molecule has 3 rings (SSSR count). The van der Waals surface area contributed by atoms with Gasteiger partial charge in [-0.1, -0.05) is 0 Å². The fourth-order valence-electron chi connectivity index (χ4n) is 3.06. The normalized spacial score (nSPS) is 24.1. The summed E-state index contributed by atoms with van der Waals surface area (Å²) < 4.78 is 24.6. The van der Waals surface area contributed by atoms with E-state index >= 15 is 0 Å². The maximum atomic E-state index is 11.5. The molecule has 0 amide bonds. The fraction of sp³-hybridized carbons (Fsp3) is 0.714. The molecule has 2 aliphatic rings. The van der Waals surface area contributed by atoms with Gasteiger partial charge in [0.2, 0.25) is 16.0 Å². The molecule has 0 radical (unpaired) electrons. The van der Waals surface area contributed by atoms with Crippen molar-refractivity contribution in [3.63, 3.8) is 0 Å². The standard InChI is InChI=1S/C14H23N5O3S/c1-23(21,22)19-8-3-11(4-9-19)16-14-15-6-2-13(17-14)18-7-5-12(20)10-18/h2,6,11-12,20H,3-5,7-10H2,1H3,(H,15,16,17)/t12-/m0/s1. The first-order chi connectivity index (χ1) is 10.9. The number of aliphatic hydroxyl groups excluding tert-OH is 1. The molecule has 9 heteroatoms. The highest BCUT2D eigenvalue weighted by Crippen LogP contribution is 2.20. The van der Waals surface area contributed by atoms with Gasteiger partial charge in [-0.3, -0.25) is 0 Å². The SMILES string of the molecule is CS(=O)(=O)N1CCC(Nc2nccc(N3CC[C@H](O)C3)n2)CC1. The number of aliphatic hydroxyl groups is 1. The van der Waals surface area contributed by atoms with Crippen molar-refractivity contribution >= 4 is 21.8 Å². The third-order valence-corrected chi connectivity index (χ3v) is 5.69. The quantitative estimate of drug-likeness (QED) is 0.788. The molecule has 128 valence electrons. The Kier molecular flexibility index (Phi) is 4.69. The van der Waals surface area contributed by atoms with E-state index in [1.807, 2.05) is 11.0 Å². The lowest BCUT2D eigenvalue weighted by molar-refractivity contribution is 0.198. The molecule has 1 atom stereocenters. The van der Waals surface area contributed by atoms with E-state index in [9.17, 15) is 13.5 Å². The average Bonchev–Trinajstić information content (AvgIpc) is 2.94. The Morgan fingerprint density at radius 1 is 1.26 bits per heavy atom. The van der Waals surface area contributed by atoms with Crippen LogP contribution in [0.3, 0.4) is 0 Å². The summed E-state index contributed by atoms with van der Waals surface area (Å²) in [6.45, 7) is 2.44. The lowest BCUT2D eigenvalue weighted by Gasteiger charge is -2.30. The molecule has 0 unspecified atom stereocenters. The zero-order chi connectivity index (χ0) is 16.4. The van der Waals surface area contributed by atoms with Crippen molar-refractivity contribution in [2.75, 3.05) is 42.7 Å². The molecule has 2 fully saturated rings. The van der Waals surface area contributed by atoms with Crippen LogP contribution in [0.15, 0.2) is 12.3 Å². The van der Waals surface area contributed by atoms with Crippen LogP contribution in [-0.4, -0.2) is 72.4 Å². The van der Waals surface area contributed by atoms with Gasteiger partial charge >= 0.3 is 0 Å². The van der Waals surface area contributed by atoms with Crippen LogP contribution in [0.5, 0.6) is 0 Å². The van der Waals surface area contributed by atoms with E-state index in [2.05, 4.69) is 15.3 Å². The van der Waals surface area contributed by atoms with Crippen LogP contribution in [0.2, 0.25) is 0 Å². The summed E-state index contributed by atoms with van der Waals surface area (Å²) in [7, 11) is -3.10. The zero-order valence-corrected chi connectivity index (χ0v) is 14.0. The first-order valence-corrected chi connectivity index (χ1v) is 9.74. The topological polar surface area (TPSA) is 98.7 Å². The Bertz CT molecular complexity index is 646. The van der Waals surface area contributed by atoms with Crippen molar-refractivity contribution in [3.8, 4) is 0 Å². The Balaban J connectivity index is 1.59. The maximum Gasteiger partial charge on any atom is 0.224 e. The van der Waals surface area contributed by atoms with Crippen LogP contribution in [0.1, 0.15) is 19.3 Å². The Morgan fingerprint density at radius 2 is 2.00 bits per heavy atom. The predicted octanol–water partition coefficient (Wildman–Crippen LogP) is -0.116. The van der Waals surface area contributed by atoms with Gasteiger partial charge in [0.1, 0.15) is 5.82 Å². The van der Waals surface area contributed by atoms with Gasteiger partial charge < -0.3 is 15.3 Å². The number of piperidine rings is 1. The second-order valence-corrected chi connectivity index (χ2v) is 8.19. The molecule has 1 aromatic heterocycles. The van der Waals surface area contributed by atoms with Gasteiger partial charge in [0.25, 0.3) is 0 Å². The van der Waals surface area contributed by atoms with Crippen LogP contribution in [0, 0.1) is 0 Å². The van der Waals surface area contributed by atoms with Crippen molar-refractivity contribution < 1.29 is 13.5 Å². The average molecular weight is 341 g/mol. The minimum absolute atomic E-state index is 0.174. The molecular formula is C14H23N5O3S. The monoisotopic (exact) mass is 341 g/mol. The minimum atomic E-state index is -3.10. The van der Waals surface area contributed by atoms with Gasteiger partial charge in [0, 0.05) is 38.4 Å². The van der Waals surface area contributed by atoms with Gasteiger partial charge in [-0.2, -0.15) is 4.98 Å². The molecule has 3 heterocycles. The largest absolute Gasteiger partial charge is 0.391 e. The summed E-state index contributed by atoms with van der Waals surface area (Å²) in [6.07, 6.45) is 4.91. The number of nitrogens with zero attached hydrogens (tertiary/aromatic N) is 4. The van der Waals surface area contributed by atoms with Crippen molar-refractivity contribution in [2.45, 2.75) is 31.4 Å². The number of nitrogens with one attached hydrogen (secondary N) is 1. The minimum Gasteiger partial charge on any atom is -0.391 e. The summed E-state index contributed by atoms with van der Waals surface area (Å²) in [5.74, 6) is 1.37. The highest BCUT2D eigenvalue weighted by atomic mass is 32.2. The summed E-state index contributed by atoms with van der Waals surface area (Å²) in [5, 5.41) is 12.9. The van der Waals surface area contributed by atoms with Gasteiger partial charge in [-0.25, -0.2) is 17.7 Å². The van der Waals surface area contributed by atoms with Crippen LogP contribution in [0.25, 0.3) is 0 Å². The smallest absolute Gasteiger partial charge is 0.224 e. The van der Waals surface area contributed by atoms with Crippen molar-refractivity contribution in [3.05, 3.63) is 12.3 Å².